The van der Waals surface area contributed by atoms with Gasteiger partial charge in [-0.25, -0.2) is 0 Å². The number of hydrogen-bond donors (Lipinski definition) is 0. The molecule has 0 aliphatic carbocycles. The second kappa shape index (κ2) is 5.20. The van der Waals surface area contributed by atoms with E-state index in [2.05, 4.69) is 46.6 Å². The number of carbonyl (C=O) groups excluding carboxylic acids is 1. The largest absolute Gasteiger partial charge is 0.340 e. The third-order valence-electron chi connectivity index (χ3n) is 5.67. The minimum Gasteiger partial charge on any atom is -0.340 e. The molecule has 0 bridgehead atoms. The van der Waals surface area contributed by atoms with Crippen LogP contribution in [0.3, 0.4) is 0 Å². The second-order valence-electron chi connectivity index (χ2n) is 8.91. The predicted octanol–water partition coefficient (Wildman–Crippen LogP) is 3.40. The van der Waals surface area contributed by atoms with Crippen molar-refractivity contribution in [1.29, 1.82) is 0 Å². The van der Waals surface area contributed by atoms with Crippen LogP contribution in [-0.2, 0) is 9.53 Å². The predicted molar refractivity (Wildman–Crippen MR) is 89.7 cm³/mol. The van der Waals surface area contributed by atoms with E-state index in [1.54, 1.807) is 0 Å². The van der Waals surface area contributed by atoms with Gasteiger partial charge in [-0.2, -0.15) is 0 Å². The van der Waals surface area contributed by atoms with Crippen LogP contribution in [0, 0.1) is 0 Å². The summed E-state index contributed by atoms with van der Waals surface area (Å²) in [6.45, 7) is 15.8. The number of hydrogen-bond acceptors (Lipinski definition) is 3. The molecule has 0 unspecified atom stereocenters. The Morgan fingerprint density at radius 2 is 1.55 bits per heavy atom. The van der Waals surface area contributed by atoms with Crippen molar-refractivity contribution in [2.45, 2.75) is 96.6 Å². The van der Waals surface area contributed by atoms with E-state index in [0.717, 1.165) is 32.2 Å². The van der Waals surface area contributed by atoms with E-state index >= 15 is 0 Å². The van der Waals surface area contributed by atoms with Gasteiger partial charge in [0.25, 0.3) is 5.91 Å². The molecule has 4 heteroatoms. The Morgan fingerprint density at radius 3 is 2.00 bits per heavy atom. The van der Waals surface area contributed by atoms with Crippen LogP contribution in [0.2, 0.25) is 0 Å². The molecule has 0 atom stereocenters. The fraction of sp³-hybridized carbons (Fsp3) is 0.944. The highest BCUT2D eigenvalue weighted by Gasteiger charge is 2.62. The first-order chi connectivity index (χ1) is 9.88. The average molecular weight is 310 g/mol. The minimum atomic E-state index is -0.712. The highest BCUT2D eigenvalue weighted by Crippen LogP contribution is 2.51. The van der Waals surface area contributed by atoms with E-state index in [1.165, 1.54) is 0 Å². The molecule has 1 amide bonds. The lowest BCUT2D eigenvalue weighted by atomic mass is 9.74. The molecule has 128 valence electrons. The van der Waals surface area contributed by atoms with Crippen LogP contribution >= 0.6 is 0 Å². The quantitative estimate of drug-likeness (QED) is 0.801. The number of unbranched alkanes of at least 4 members (excludes halogenated alkanes) is 1. The van der Waals surface area contributed by atoms with Crippen molar-refractivity contribution in [3.05, 3.63) is 0 Å². The van der Waals surface area contributed by atoms with Gasteiger partial charge in [0.2, 0.25) is 0 Å². The van der Waals surface area contributed by atoms with Crippen molar-refractivity contribution in [2.24, 2.45) is 0 Å². The number of carbonyl (C=O) groups is 1. The average Bonchev–Trinajstić information content (AvgIpc) is 2.51. The summed E-state index contributed by atoms with van der Waals surface area (Å²) in [4.78, 5) is 17.4. The van der Waals surface area contributed by atoms with Gasteiger partial charge < -0.3 is 9.64 Å². The maximum absolute atomic E-state index is 12.9. The Kier molecular flexibility index (Phi) is 4.19. The van der Waals surface area contributed by atoms with Gasteiger partial charge in [0.05, 0.1) is 0 Å². The Balaban J connectivity index is 2.43. The summed E-state index contributed by atoms with van der Waals surface area (Å²) in [6.07, 6.45) is 3.84. The topological polar surface area (TPSA) is 32.8 Å². The van der Waals surface area contributed by atoms with Gasteiger partial charge in [0.1, 0.15) is 11.3 Å². The van der Waals surface area contributed by atoms with Gasteiger partial charge in [0, 0.05) is 30.5 Å². The van der Waals surface area contributed by atoms with Gasteiger partial charge in [-0.15, -0.1) is 0 Å². The van der Waals surface area contributed by atoms with E-state index in [-0.39, 0.29) is 17.0 Å². The monoisotopic (exact) mass is 310 g/mol. The minimum absolute atomic E-state index is 0.00703. The van der Waals surface area contributed by atoms with Crippen molar-refractivity contribution in [3.8, 4) is 0 Å². The van der Waals surface area contributed by atoms with Crippen LogP contribution in [0.4, 0.5) is 0 Å². The first kappa shape index (κ1) is 17.7. The molecule has 2 rings (SSSR count). The van der Waals surface area contributed by atoms with Crippen LogP contribution in [0.15, 0.2) is 0 Å². The molecule has 2 saturated heterocycles. The first-order valence-corrected chi connectivity index (χ1v) is 8.64. The zero-order chi connectivity index (χ0) is 17.0. The van der Waals surface area contributed by atoms with Gasteiger partial charge in [0.15, 0.2) is 0 Å². The van der Waals surface area contributed by atoms with Crippen molar-refractivity contribution in [1.82, 2.24) is 9.80 Å². The highest BCUT2D eigenvalue weighted by atomic mass is 16.6. The van der Waals surface area contributed by atoms with Crippen LogP contribution in [0.25, 0.3) is 0 Å². The summed E-state index contributed by atoms with van der Waals surface area (Å²) in [6, 6.07) is 0. The fourth-order valence-corrected chi connectivity index (χ4v) is 4.44. The Labute approximate surface area is 136 Å². The van der Waals surface area contributed by atoms with Crippen molar-refractivity contribution >= 4 is 5.91 Å². The van der Waals surface area contributed by atoms with Gasteiger partial charge in [-0.1, -0.05) is 13.3 Å². The molecule has 4 nitrogen and oxygen atoms in total. The number of ether oxygens (including phenoxy) is 1. The SMILES string of the molecule is CCCCN1C(=O)C(C)(C)OC12CC(C)(C)N(C)C(C)(C)C2. The van der Waals surface area contributed by atoms with Crippen LogP contribution in [0.5, 0.6) is 0 Å². The Morgan fingerprint density at radius 1 is 1.05 bits per heavy atom. The third-order valence-corrected chi connectivity index (χ3v) is 5.67. The number of rotatable bonds is 3. The van der Waals surface area contributed by atoms with Crippen molar-refractivity contribution in [2.75, 3.05) is 13.6 Å². The molecule has 0 aromatic heterocycles. The summed E-state index contributed by atoms with van der Waals surface area (Å²) >= 11 is 0. The standard InChI is InChI=1S/C18H34N2O2/c1-9-10-11-20-14(21)17(6,7)22-18(20)12-15(2,3)19(8)16(4,5)13-18/h9-13H2,1-8H3. The highest BCUT2D eigenvalue weighted by molar-refractivity contribution is 5.87. The van der Waals surface area contributed by atoms with E-state index in [4.69, 9.17) is 4.74 Å². The molecule has 0 radical (unpaired) electrons. The molecule has 2 fully saturated rings. The van der Waals surface area contributed by atoms with E-state index < -0.39 is 11.3 Å². The lowest BCUT2D eigenvalue weighted by molar-refractivity contribution is -0.208. The number of piperidine rings is 1. The van der Waals surface area contributed by atoms with E-state index in [0.29, 0.717) is 0 Å². The van der Waals surface area contributed by atoms with Crippen LogP contribution in [0.1, 0.15) is 74.1 Å². The molecular formula is C18H34N2O2. The normalized spacial score (nSPS) is 29.3. The second-order valence-corrected chi connectivity index (χ2v) is 8.91. The van der Waals surface area contributed by atoms with E-state index in [1.807, 2.05) is 18.7 Å². The van der Waals surface area contributed by atoms with Gasteiger partial charge in [-0.3, -0.25) is 9.69 Å². The molecule has 0 aromatic rings. The molecule has 0 saturated carbocycles. The molecule has 2 aliphatic rings. The molecule has 2 heterocycles. The maximum Gasteiger partial charge on any atom is 0.256 e. The van der Waals surface area contributed by atoms with Crippen LogP contribution in [-0.4, -0.2) is 51.7 Å². The first-order valence-electron chi connectivity index (χ1n) is 8.64. The summed E-state index contributed by atoms with van der Waals surface area (Å²) in [5, 5.41) is 0. The number of likely N-dealkylation sites (tertiary alicyclic amines) is 1. The smallest absolute Gasteiger partial charge is 0.256 e. The summed E-state index contributed by atoms with van der Waals surface area (Å²) in [5.74, 6) is 0.150. The molecule has 2 aliphatic heterocycles. The third kappa shape index (κ3) is 2.69. The molecule has 22 heavy (non-hydrogen) atoms. The molecular weight excluding hydrogens is 276 g/mol. The number of nitrogens with zero attached hydrogens (tertiary/aromatic N) is 2. The lowest BCUT2D eigenvalue weighted by Crippen LogP contribution is -2.67. The Hall–Kier alpha value is -0.610. The summed E-state index contributed by atoms with van der Waals surface area (Å²) in [7, 11) is 2.19. The number of amides is 1. The maximum atomic E-state index is 12.9. The van der Waals surface area contributed by atoms with Gasteiger partial charge >= 0.3 is 0 Å². The zero-order valence-electron chi connectivity index (χ0n) is 15.7. The molecule has 1 spiro atoms. The van der Waals surface area contributed by atoms with E-state index in [9.17, 15) is 4.79 Å². The van der Waals surface area contributed by atoms with Crippen molar-refractivity contribution < 1.29 is 9.53 Å². The summed E-state index contributed by atoms with van der Waals surface area (Å²) < 4.78 is 6.47. The molecule has 0 aromatic carbocycles. The lowest BCUT2D eigenvalue weighted by Gasteiger charge is -2.58. The van der Waals surface area contributed by atoms with Crippen molar-refractivity contribution in [3.63, 3.8) is 0 Å². The van der Waals surface area contributed by atoms with Crippen LogP contribution < -0.4 is 0 Å². The fourth-order valence-electron chi connectivity index (χ4n) is 4.44. The molecule has 0 N–H and O–H groups in total. The zero-order valence-corrected chi connectivity index (χ0v) is 15.7. The van der Waals surface area contributed by atoms with Gasteiger partial charge in [-0.05, 0) is 55.0 Å². The Bertz CT molecular complexity index is 436. The summed E-state index contributed by atoms with van der Waals surface area (Å²) in [5.41, 5.74) is -1.19.